The fourth-order valence-electron chi connectivity index (χ4n) is 2.42. The second kappa shape index (κ2) is 8.41. The summed E-state index contributed by atoms with van der Waals surface area (Å²) in [6.07, 6.45) is 0.157. The molecule has 3 rings (SSSR count). The quantitative estimate of drug-likeness (QED) is 0.605. The number of hydrogen-bond acceptors (Lipinski definition) is 6. The van der Waals surface area contributed by atoms with Crippen LogP contribution in [0, 0.1) is 6.92 Å². The van der Waals surface area contributed by atoms with E-state index in [1.807, 2.05) is 30.5 Å². The lowest BCUT2D eigenvalue weighted by atomic mass is 10.2. The molecule has 0 radical (unpaired) electrons. The summed E-state index contributed by atoms with van der Waals surface area (Å²) in [6, 6.07) is 12.7. The lowest BCUT2D eigenvalue weighted by molar-refractivity contribution is -0.116. The minimum Gasteiger partial charge on any atom is -0.326 e. The number of aromatic nitrogens is 2. The Balaban J connectivity index is 1.58. The highest BCUT2D eigenvalue weighted by Gasteiger charge is 2.09. The number of hydrogen-bond donors (Lipinski definition) is 3. The van der Waals surface area contributed by atoms with E-state index < -0.39 is 0 Å². The summed E-state index contributed by atoms with van der Waals surface area (Å²) in [5.74, 6) is 0.375. The molecule has 0 unspecified atom stereocenters. The standard InChI is InChI=1S/C19H19N5O2S/c1-12-5-3-8-17(20-12)24-19-23-16(11-27-19)10-18(26)22-15-7-4-6-14(9-15)21-13(2)25/h3-9,11H,10H2,1-2H3,(H,21,25)(H,22,26)(H,20,23,24). The Labute approximate surface area is 160 Å². The Morgan fingerprint density at radius 2 is 1.78 bits per heavy atom. The maximum Gasteiger partial charge on any atom is 0.230 e. The van der Waals surface area contributed by atoms with Crippen molar-refractivity contribution < 1.29 is 9.59 Å². The highest BCUT2D eigenvalue weighted by Crippen LogP contribution is 2.21. The smallest absolute Gasteiger partial charge is 0.230 e. The van der Waals surface area contributed by atoms with Gasteiger partial charge in [-0.1, -0.05) is 12.1 Å². The molecule has 0 saturated heterocycles. The van der Waals surface area contributed by atoms with Crippen molar-refractivity contribution in [1.29, 1.82) is 0 Å². The topological polar surface area (TPSA) is 96.0 Å². The minimum absolute atomic E-state index is 0.157. The van der Waals surface area contributed by atoms with Crippen molar-refractivity contribution >= 4 is 45.5 Å². The first-order valence-electron chi connectivity index (χ1n) is 8.30. The Bertz CT molecular complexity index is 970. The van der Waals surface area contributed by atoms with Crippen LogP contribution in [-0.4, -0.2) is 21.8 Å². The molecule has 3 aromatic rings. The van der Waals surface area contributed by atoms with E-state index in [0.29, 0.717) is 22.2 Å². The van der Waals surface area contributed by atoms with E-state index in [1.54, 1.807) is 24.3 Å². The summed E-state index contributed by atoms with van der Waals surface area (Å²) in [5, 5.41) is 11.2. The number of aryl methyl sites for hydroxylation is 1. The molecule has 0 bridgehead atoms. The summed E-state index contributed by atoms with van der Waals surface area (Å²) in [6.45, 7) is 3.36. The fourth-order valence-corrected chi connectivity index (χ4v) is 3.13. The molecule has 0 spiro atoms. The van der Waals surface area contributed by atoms with Gasteiger partial charge in [0.05, 0.1) is 12.1 Å². The van der Waals surface area contributed by atoms with Crippen molar-refractivity contribution in [3.8, 4) is 0 Å². The molecule has 0 fully saturated rings. The summed E-state index contributed by atoms with van der Waals surface area (Å²) >= 11 is 1.42. The van der Waals surface area contributed by atoms with E-state index in [2.05, 4.69) is 25.9 Å². The van der Waals surface area contributed by atoms with E-state index in [4.69, 9.17) is 0 Å². The van der Waals surface area contributed by atoms with Crippen LogP contribution in [0.25, 0.3) is 0 Å². The van der Waals surface area contributed by atoms with Crippen LogP contribution in [0.3, 0.4) is 0 Å². The van der Waals surface area contributed by atoms with Crippen molar-refractivity contribution in [3.63, 3.8) is 0 Å². The molecular weight excluding hydrogens is 362 g/mol. The predicted molar refractivity (Wildman–Crippen MR) is 107 cm³/mol. The molecule has 0 saturated carbocycles. The van der Waals surface area contributed by atoms with Crippen LogP contribution >= 0.6 is 11.3 Å². The van der Waals surface area contributed by atoms with Crippen LogP contribution < -0.4 is 16.0 Å². The Kier molecular flexibility index (Phi) is 5.77. The molecule has 7 nitrogen and oxygen atoms in total. The Hall–Kier alpha value is -3.26. The molecule has 27 heavy (non-hydrogen) atoms. The lowest BCUT2D eigenvalue weighted by Gasteiger charge is -2.07. The zero-order valence-corrected chi connectivity index (χ0v) is 15.8. The molecule has 2 amide bonds. The maximum absolute atomic E-state index is 12.3. The predicted octanol–water partition coefficient (Wildman–Crippen LogP) is 3.73. The molecular formula is C19H19N5O2S. The molecule has 2 heterocycles. The van der Waals surface area contributed by atoms with E-state index in [9.17, 15) is 9.59 Å². The van der Waals surface area contributed by atoms with Crippen molar-refractivity contribution in [2.24, 2.45) is 0 Å². The summed E-state index contributed by atoms with van der Waals surface area (Å²) in [5.41, 5.74) is 2.83. The first-order valence-corrected chi connectivity index (χ1v) is 9.18. The number of carbonyl (C=O) groups excluding carboxylic acids is 2. The molecule has 0 atom stereocenters. The Morgan fingerprint density at radius 1 is 1.04 bits per heavy atom. The molecule has 1 aromatic carbocycles. The van der Waals surface area contributed by atoms with Gasteiger partial charge in [-0.25, -0.2) is 9.97 Å². The molecule has 2 aromatic heterocycles. The summed E-state index contributed by atoms with van der Waals surface area (Å²) in [7, 11) is 0. The molecule has 138 valence electrons. The second-order valence-corrected chi connectivity index (χ2v) is 6.78. The van der Waals surface area contributed by atoms with Gasteiger partial charge in [0, 0.05) is 29.4 Å². The van der Waals surface area contributed by atoms with Gasteiger partial charge in [-0.15, -0.1) is 11.3 Å². The lowest BCUT2D eigenvalue weighted by Crippen LogP contribution is -2.15. The fraction of sp³-hybridized carbons (Fsp3) is 0.158. The average Bonchev–Trinajstić information content (AvgIpc) is 3.01. The van der Waals surface area contributed by atoms with Gasteiger partial charge in [-0.05, 0) is 37.3 Å². The van der Waals surface area contributed by atoms with Crippen molar-refractivity contribution in [1.82, 2.24) is 9.97 Å². The van der Waals surface area contributed by atoms with Crippen LogP contribution in [0.5, 0.6) is 0 Å². The van der Waals surface area contributed by atoms with Crippen molar-refractivity contribution in [3.05, 3.63) is 59.2 Å². The zero-order chi connectivity index (χ0) is 19.2. The van der Waals surface area contributed by atoms with Gasteiger partial charge in [0.25, 0.3) is 0 Å². The van der Waals surface area contributed by atoms with Gasteiger partial charge in [0.15, 0.2) is 5.13 Å². The van der Waals surface area contributed by atoms with Gasteiger partial charge in [0.1, 0.15) is 5.82 Å². The van der Waals surface area contributed by atoms with Gasteiger partial charge < -0.3 is 16.0 Å². The highest BCUT2D eigenvalue weighted by atomic mass is 32.1. The normalized spacial score (nSPS) is 10.3. The van der Waals surface area contributed by atoms with Crippen LogP contribution in [-0.2, 0) is 16.0 Å². The monoisotopic (exact) mass is 381 g/mol. The van der Waals surface area contributed by atoms with E-state index in [-0.39, 0.29) is 18.2 Å². The third kappa shape index (κ3) is 5.61. The van der Waals surface area contributed by atoms with E-state index in [1.165, 1.54) is 18.3 Å². The van der Waals surface area contributed by atoms with E-state index in [0.717, 1.165) is 11.5 Å². The molecule has 8 heteroatoms. The SMILES string of the molecule is CC(=O)Nc1cccc(NC(=O)Cc2csc(Nc3cccc(C)n3)n2)c1. The Morgan fingerprint density at radius 3 is 2.52 bits per heavy atom. The highest BCUT2D eigenvalue weighted by molar-refractivity contribution is 7.13. The third-order valence-electron chi connectivity index (χ3n) is 3.48. The number of rotatable bonds is 6. The largest absolute Gasteiger partial charge is 0.326 e. The summed E-state index contributed by atoms with van der Waals surface area (Å²) in [4.78, 5) is 32.2. The van der Waals surface area contributed by atoms with Crippen molar-refractivity contribution in [2.75, 3.05) is 16.0 Å². The maximum atomic E-state index is 12.3. The molecule has 0 aliphatic rings. The number of nitrogens with one attached hydrogen (secondary N) is 3. The molecule has 0 aliphatic heterocycles. The van der Waals surface area contributed by atoms with Gasteiger partial charge in [-0.3, -0.25) is 9.59 Å². The molecule has 3 N–H and O–H groups in total. The van der Waals surface area contributed by atoms with Gasteiger partial charge in [-0.2, -0.15) is 0 Å². The minimum atomic E-state index is -0.180. The number of anilines is 4. The van der Waals surface area contributed by atoms with Crippen molar-refractivity contribution in [2.45, 2.75) is 20.3 Å². The van der Waals surface area contributed by atoms with E-state index >= 15 is 0 Å². The van der Waals surface area contributed by atoms with Crippen LogP contribution in [0.1, 0.15) is 18.3 Å². The number of nitrogens with zero attached hydrogens (tertiary/aromatic N) is 2. The zero-order valence-electron chi connectivity index (χ0n) is 14.9. The number of carbonyl (C=O) groups is 2. The first kappa shape index (κ1) is 18.5. The average molecular weight is 381 g/mol. The first-order chi connectivity index (χ1) is 13.0. The number of pyridine rings is 1. The number of thiazole rings is 1. The van der Waals surface area contributed by atoms with Crippen LogP contribution in [0.15, 0.2) is 47.8 Å². The number of benzene rings is 1. The summed E-state index contributed by atoms with van der Waals surface area (Å²) < 4.78 is 0. The van der Waals surface area contributed by atoms with Gasteiger partial charge in [0.2, 0.25) is 11.8 Å². The third-order valence-corrected chi connectivity index (χ3v) is 4.29. The van der Waals surface area contributed by atoms with Gasteiger partial charge >= 0.3 is 0 Å². The second-order valence-electron chi connectivity index (χ2n) is 5.92. The molecule has 0 aliphatic carbocycles. The van der Waals surface area contributed by atoms with Crippen LogP contribution in [0.2, 0.25) is 0 Å². The van der Waals surface area contributed by atoms with Crippen LogP contribution in [0.4, 0.5) is 22.3 Å². The number of amides is 2.